The number of hydrogen-bond donors (Lipinski definition) is 1. The molecule has 4 saturated carbocycles. The van der Waals surface area contributed by atoms with E-state index >= 15 is 0 Å². The number of carbonyl (C=O) groups is 1. The van der Waals surface area contributed by atoms with E-state index in [1.54, 1.807) is 10.7 Å². The summed E-state index contributed by atoms with van der Waals surface area (Å²) in [4.78, 5) is 13.5. The van der Waals surface area contributed by atoms with Gasteiger partial charge in [-0.25, -0.2) is 17.9 Å². The fourth-order valence-electron chi connectivity index (χ4n) is 8.96. The molecule has 1 aromatic carbocycles. The monoisotopic (exact) mass is 489 g/mol. The second kappa shape index (κ2) is 8.29. The summed E-state index contributed by atoms with van der Waals surface area (Å²) in [7, 11) is 0. The summed E-state index contributed by atoms with van der Waals surface area (Å²) in [6, 6.07) is 4.33. The molecule has 0 spiro atoms. The Hall–Kier alpha value is -1.96. The Morgan fingerprint density at radius 3 is 2.71 bits per heavy atom. The highest BCUT2D eigenvalue weighted by atomic mass is 19.3. The minimum atomic E-state index is -2.67. The van der Waals surface area contributed by atoms with Gasteiger partial charge in [0.2, 0.25) is 0 Å². The van der Waals surface area contributed by atoms with Crippen LogP contribution in [0.15, 0.2) is 18.2 Å². The van der Waals surface area contributed by atoms with E-state index in [0.717, 1.165) is 38.5 Å². The first kappa shape index (κ1) is 23.4. The second-order valence-corrected chi connectivity index (χ2v) is 12.1. The molecule has 1 heterocycles. The lowest BCUT2D eigenvalue weighted by Gasteiger charge is -2.57. The molecule has 0 unspecified atom stereocenters. The Labute approximate surface area is 203 Å². The van der Waals surface area contributed by atoms with Crippen LogP contribution in [0.2, 0.25) is 0 Å². The van der Waals surface area contributed by atoms with E-state index in [1.807, 2.05) is 0 Å². The van der Waals surface area contributed by atoms with Gasteiger partial charge in [0.05, 0.1) is 5.52 Å². The van der Waals surface area contributed by atoms with Gasteiger partial charge in [0, 0.05) is 12.0 Å². The molecule has 35 heavy (non-hydrogen) atoms. The normalized spacial score (nSPS) is 41.0. The summed E-state index contributed by atoms with van der Waals surface area (Å²) in [5, 5.41) is 18.6. The molecule has 5 nitrogen and oxygen atoms in total. The first-order chi connectivity index (χ1) is 16.7. The van der Waals surface area contributed by atoms with Crippen LogP contribution in [0.1, 0.15) is 64.7 Å². The van der Waals surface area contributed by atoms with Crippen molar-refractivity contribution in [3.63, 3.8) is 0 Å². The Morgan fingerprint density at radius 1 is 1.11 bits per heavy atom. The second-order valence-electron chi connectivity index (χ2n) is 12.1. The molecule has 1 N–H and O–H groups in total. The van der Waals surface area contributed by atoms with Crippen molar-refractivity contribution in [2.45, 2.75) is 83.3 Å². The number of rotatable bonds is 4. The van der Waals surface area contributed by atoms with E-state index in [-0.39, 0.29) is 48.2 Å². The van der Waals surface area contributed by atoms with Crippen molar-refractivity contribution in [1.29, 1.82) is 0 Å². The van der Waals surface area contributed by atoms with Crippen LogP contribution in [-0.2, 0) is 11.3 Å². The molecule has 0 bridgehead atoms. The summed E-state index contributed by atoms with van der Waals surface area (Å²) in [6.07, 6.45) is 4.34. The maximum absolute atomic E-state index is 13.5. The average molecular weight is 490 g/mol. The molecule has 190 valence electrons. The zero-order chi connectivity index (χ0) is 24.5. The van der Waals surface area contributed by atoms with Crippen molar-refractivity contribution >= 4 is 16.8 Å². The first-order valence-electron chi connectivity index (χ1n) is 13.2. The quantitative estimate of drug-likeness (QED) is 0.624. The fourth-order valence-corrected chi connectivity index (χ4v) is 8.96. The minimum absolute atomic E-state index is 0.0267. The highest BCUT2D eigenvalue weighted by molar-refractivity contribution is 5.84. The Balaban J connectivity index is 1.18. The number of fused-ring (bicyclic) bond motifs is 6. The number of hydrogen-bond acceptors (Lipinski definition) is 4. The molecule has 4 fully saturated rings. The summed E-state index contributed by atoms with van der Waals surface area (Å²) in [5.41, 5.74) is -0.731. The van der Waals surface area contributed by atoms with Crippen LogP contribution in [0.4, 0.5) is 13.2 Å². The highest BCUT2D eigenvalue weighted by Gasteiger charge is 2.59. The molecule has 8 atom stereocenters. The third-order valence-electron chi connectivity index (χ3n) is 10.6. The molecule has 0 radical (unpaired) electrons. The van der Waals surface area contributed by atoms with E-state index < -0.39 is 12.0 Å². The van der Waals surface area contributed by atoms with Gasteiger partial charge in [0.25, 0.3) is 6.43 Å². The van der Waals surface area contributed by atoms with Gasteiger partial charge >= 0.3 is 0 Å². The molecule has 0 amide bonds. The highest BCUT2D eigenvalue weighted by Crippen LogP contribution is 2.65. The molecule has 4 aliphatic carbocycles. The number of aromatic nitrogens is 3. The van der Waals surface area contributed by atoms with Gasteiger partial charge in [-0.2, -0.15) is 0 Å². The summed E-state index contributed by atoms with van der Waals surface area (Å²) < 4.78 is 42.1. The minimum Gasteiger partial charge on any atom is -0.384 e. The number of nitrogens with zero attached hydrogens (tertiary/aromatic N) is 3. The zero-order valence-electron chi connectivity index (χ0n) is 20.2. The van der Waals surface area contributed by atoms with Crippen LogP contribution in [0.3, 0.4) is 0 Å². The van der Waals surface area contributed by atoms with E-state index in [4.69, 9.17) is 0 Å². The third kappa shape index (κ3) is 3.65. The maximum atomic E-state index is 13.5. The van der Waals surface area contributed by atoms with E-state index in [0.29, 0.717) is 41.1 Å². The van der Waals surface area contributed by atoms with Crippen molar-refractivity contribution in [2.75, 3.05) is 0 Å². The predicted molar refractivity (Wildman–Crippen MR) is 124 cm³/mol. The third-order valence-corrected chi connectivity index (χ3v) is 10.6. The molecule has 0 saturated heterocycles. The summed E-state index contributed by atoms with van der Waals surface area (Å²) in [5.74, 6) is 1.95. The lowest BCUT2D eigenvalue weighted by Crippen LogP contribution is -2.53. The van der Waals surface area contributed by atoms with Crippen molar-refractivity contribution in [3.8, 4) is 0 Å². The Kier molecular flexibility index (Phi) is 5.55. The summed E-state index contributed by atoms with van der Waals surface area (Å²) in [6.45, 7) is 2.45. The zero-order valence-corrected chi connectivity index (χ0v) is 20.2. The van der Waals surface area contributed by atoms with Crippen molar-refractivity contribution in [3.05, 3.63) is 24.0 Å². The SMILES string of the molecule is C[C@]12CC[C@H]3[C@@H](CC[C@@H]4C[C@@](O)(C(F)F)CC[C@@H]43)[C@@H]1CC[C@@H]2C(=O)Cn1nnc2cc(F)ccc21. The van der Waals surface area contributed by atoms with Crippen LogP contribution in [-0.4, -0.2) is 37.9 Å². The Bertz CT molecular complexity index is 1140. The largest absolute Gasteiger partial charge is 0.384 e. The standard InChI is InChI=1S/C27H34F3N3O2/c1-26-10-8-18-17-9-11-27(35,25(29)30)13-15(17)2-4-19(18)20(26)5-6-21(26)24(34)14-33-23-7-3-16(28)12-22(23)31-32-33/h3,7,12,15,17-21,25,35H,2,4-6,8-11,13-14H2,1H3/t15-,17+,18-,19-,20+,21-,26+,27-/m1/s1. The van der Waals surface area contributed by atoms with Crippen molar-refractivity contribution < 1.29 is 23.1 Å². The smallest absolute Gasteiger partial charge is 0.266 e. The molecule has 2 aromatic rings. The van der Waals surface area contributed by atoms with Gasteiger partial charge < -0.3 is 5.11 Å². The molecular formula is C27H34F3N3O2. The van der Waals surface area contributed by atoms with Gasteiger partial charge in [0.1, 0.15) is 23.5 Å². The molecule has 4 aliphatic rings. The van der Waals surface area contributed by atoms with Crippen LogP contribution >= 0.6 is 0 Å². The van der Waals surface area contributed by atoms with Crippen LogP contribution in [0.5, 0.6) is 0 Å². The topological polar surface area (TPSA) is 68.0 Å². The maximum Gasteiger partial charge on any atom is 0.266 e. The van der Waals surface area contributed by atoms with Gasteiger partial charge in [-0.3, -0.25) is 4.79 Å². The molecule has 0 aliphatic heterocycles. The number of benzene rings is 1. The number of halogens is 3. The van der Waals surface area contributed by atoms with Gasteiger partial charge in [-0.1, -0.05) is 12.1 Å². The van der Waals surface area contributed by atoms with Crippen molar-refractivity contribution in [2.24, 2.45) is 40.9 Å². The summed E-state index contributed by atoms with van der Waals surface area (Å²) >= 11 is 0. The van der Waals surface area contributed by atoms with Crippen LogP contribution in [0.25, 0.3) is 11.0 Å². The Morgan fingerprint density at radius 2 is 1.91 bits per heavy atom. The number of ketones is 1. The van der Waals surface area contributed by atoms with E-state index in [9.17, 15) is 23.1 Å². The molecule has 8 heteroatoms. The molecule has 6 rings (SSSR count). The van der Waals surface area contributed by atoms with Crippen LogP contribution in [0, 0.1) is 46.7 Å². The fraction of sp³-hybridized carbons (Fsp3) is 0.741. The number of aliphatic hydroxyl groups is 1. The van der Waals surface area contributed by atoms with E-state index in [2.05, 4.69) is 17.2 Å². The average Bonchev–Trinajstić information content (AvgIpc) is 3.38. The number of alkyl halides is 2. The van der Waals surface area contributed by atoms with Gasteiger partial charge in [0.15, 0.2) is 5.78 Å². The molecular weight excluding hydrogens is 455 g/mol. The van der Waals surface area contributed by atoms with Crippen LogP contribution < -0.4 is 0 Å². The van der Waals surface area contributed by atoms with Crippen molar-refractivity contribution in [1.82, 2.24) is 15.0 Å². The first-order valence-corrected chi connectivity index (χ1v) is 13.2. The van der Waals surface area contributed by atoms with E-state index in [1.165, 1.54) is 12.1 Å². The number of Topliss-reactive ketones (excluding diaryl/α,β-unsaturated/α-hetero) is 1. The van der Waals surface area contributed by atoms with Gasteiger partial charge in [-0.15, -0.1) is 5.10 Å². The lowest BCUT2D eigenvalue weighted by atomic mass is 9.49. The predicted octanol–water partition coefficient (Wildman–Crippen LogP) is 5.40. The van der Waals surface area contributed by atoms with Gasteiger partial charge in [-0.05, 0) is 105 Å². The number of carbonyl (C=O) groups excluding carboxylic acids is 1. The lowest BCUT2D eigenvalue weighted by molar-refractivity contribution is -0.160. The molecule has 1 aromatic heterocycles.